The largest absolute Gasteiger partial charge is 0.395 e. The monoisotopic (exact) mass is 365 g/mol. The number of sulfonamides is 1. The van der Waals surface area contributed by atoms with E-state index in [1.807, 2.05) is 12.1 Å². The van der Waals surface area contributed by atoms with Gasteiger partial charge in [0.15, 0.2) is 0 Å². The van der Waals surface area contributed by atoms with Crippen LogP contribution in [0.15, 0.2) is 29.2 Å². The van der Waals surface area contributed by atoms with Gasteiger partial charge >= 0.3 is 0 Å². The maximum atomic E-state index is 12.8. The van der Waals surface area contributed by atoms with E-state index in [1.165, 1.54) is 24.2 Å². The molecule has 1 heterocycles. The molecule has 1 aliphatic heterocycles. The predicted molar refractivity (Wildman–Crippen MR) is 95.5 cm³/mol. The molecule has 2 bridgehead atoms. The number of aliphatic hydroxyl groups excluding tert-OH is 1. The first kappa shape index (κ1) is 17.4. The van der Waals surface area contributed by atoms with Crippen LogP contribution >= 0.6 is 0 Å². The lowest BCUT2D eigenvalue weighted by Crippen LogP contribution is -2.47. The first-order valence-electron chi connectivity index (χ1n) is 9.14. The molecule has 1 aromatic rings. The van der Waals surface area contributed by atoms with Gasteiger partial charge in [0, 0.05) is 32.2 Å². The Labute approximate surface area is 149 Å². The van der Waals surface area contributed by atoms with Gasteiger partial charge in [-0.2, -0.15) is 4.31 Å². The third kappa shape index (κ3) is 2.92. The molecule has 5 unspecified atom stereocenters. The molecule has 0 spiro atoms. The topological polar surface area (TPSA) is 81.7 Å². The molecule has 25 heavy (non-hydrogen) atoms. The number of nitrogens with zero attached hydrogens (tertiary/aromatic N) is 1. The molecule has 1 aromatic carbocycles. The van der Waals surface area contributed by atoms with E-state index < -0.39 is 10.0 Å². The van der Waals surface area contributed by atoms with Crippen molar-refractivity contribution >= 4 is 10.0 Å². The van der Waals surface area contributed by atoms with E-state index in [1.54, 1.807) is 12.1 Å². The van der Waals surface area contributed by atoms with Crippen LogP contribution in [0.25, 0.3) is 0 Å². The summed E-state index contributed by atoms with van der Waals surface area (Å²) in [4.78, 5) is 0.332. The summed E-state index contributed by atoms with van der Waals surface area (Å²) >= 11 is 0. The zero-order valence-corrected chi connectivity index (χ0v) is 15.4. The highest BCUT2D eigenvalue weighted by Crippen LogP contribution is 2.51. The van der Waals surface area contributed by atoms with Crippen molar-refractivity contribution in [1.82, 2.24) is 14.9 Å². The van der Waals surface area contributed by atoms with Crippen LogP contribution in [0.5, 0.6) is 0 Å². The van der Waals surface area contributed by atoms with Crippen molar-refractivity contribution in [1.29, 1.82) is 0 Å². The third-order valence-electron chi connectivity index (χ3n) is 6.36. The lowest BCUT2D eigenvalue weighted by molar-refractivity contribution is 0.266. The van der Waals surface area contributed by atoms with E-state index in [4.69, 9.17) is 5.11 Å². The highest BCUT2D eigenvalue weighted by molar-refractivity contribution is 7.89. The summed E-state index contributed by atoms with van der Waals surface area (Å²) in [5.74, 6) is 2.38. The van der Waals surface area contributed by atoms with Crippen LogP contribution in [0.3, 0.4) is 0 Å². The number of benzene rings is 1. The first-order valence-corrected chi connectivity index (χ1v) is 10.6. The van der Waals surface area contributed by atoms with E-state index in [0.29, 0.717) is 23.5 Å². The number of likely N-dealkylation sites (N-methyl/N-ethyl adjacent to an activating group) is 1. The number of hydrogen-bond acceptors (Lipinski definition) is 5. The van der Waals surface area contributed by atoms with E-state index >= 15 is 0 Å². The summed E-state index contributed by atoms with van der Waals surface area (Å²) in [7, 11) is -2.07. The summed E-state index contributed by atoms with van der Waals surface area (Å²) in [5.41, 5.74) is 0.796. The van der Waals surface area contributed by atoms with Gasteiger partial charge in [-0.1, -0.05) is 18.2 Å². The summed E-state index contributed by atoms with van der Waals surface area (Å²) in [6, 6.07) is 8.16. The molecule has 3 fully saturated rings. The van der Waals surface area contributed by atoms with Gasteiger partial charge in [-0.3, -0.25) is 0 Å². The lowest BCUT2D eigenvalue weighted by Gasteiger charge is -2.29. The number of nitrogens with one attached hydrogen (secondary N) is 2. The van der Waals surface area contributed by atoms with Crippen LogP contribution in [0.2, 0.25) is 0 Å². The van der Waals surface area contributed by atoms with Gasteiger partial charge in [0.2, 0.25) is 10.0 Å². The van der Waals surface area contributed by atoms with Crippen LogP contribution in [-0.2, 0) is 16.6 Å². The van der Waals surface area contributed by atoms with Crippen molar-refractivity contribution < 1.29 is 13.5 Å². The summed E-state index contributed by atoms with van der Waals surface area (Å²) in [6.07, 6.45) is 2.60. The normalized spacial score (nSPS) is 33.5. The molecular weight excluding hydrogens is 338 g/mol. The second-order valence-corrected chi connectivity index (χ2v) is 9.67. The summed E-state index contributed by atoms with van der Waals surface area (Å²) in [5, 5.41) is 16.4. The molecule has 5 atom stereocenters. The summed E-state index contributed by atoms with van der Waals surface area (Å²) < 4.78 is 26.8. The van der Waals surface area contributed by atoms with E-state index in [-0.39, 0.29) is 13.2 Å². The molecule has 2 aliphatic carbocycles. The second-order valence-electron chi connectivity index (χ2n) is 7.65. The molecule has 7 heteroatoms. The molecule has 4 rings (SSSR count). The zero-order valence-electron chi connectivity index (χ0n) is 14.6. The number of aliphatic hydroxyl groups is 1. The van der Waals surface area contributed by atoms with Crippen LogP contribution in [0, 0.1) is 17.8 Å². The van der Waals surface area contributed by atoms with E-state index in [9.17, 15) is 8.42 Å². The number of fused-ring (bicyclic) bond motifs is 1. The third-order valence-corrected chi connectivity index (χ3v) is 8.32. The second kappa shape index (κ2) is 6.63. The first-order chi connectivity index (χ1) is 12.0. The van der Waals surface area contributed by atoms with Gasteiger partial charge < -0.3 is 15.7 Å². The fourth-order valence-corrected chi connectivity index (χ4v) is 6.53. The maximum Gasteiger partial charge on any atom is 0.243 e. The number of hydrogen-bond donors (Lipinski definition) is 3. The van der Waals surface area contributed by atoms with Gasteiger partial charge in [0.1, 0.15) is 0 Å². The van der Waals surface area contributed by atoms with Gasteiger partial charge in [-0.25, -0.2) is 8.42 Å². The Morgan fingerprint density at radius 2 is 2.08 bits per heavy atom. The van der Waals surface area contributed by atoms with Crippen molar-refractivity contribution in [2.75, 3.05) is 26.7 Å². The molecule has 3 N–H and O–H groups in total. The standard InChI is InChI=1S/C18H27N3O3S/c1-21(6-7-22)25(23,24)16-5-3-2-4-12(16)10-19-17-13-8-14-11-20-18(17)15(14)9-13/h2-5,13-15,17-20,22H,6-11H2,1H3. The molecule has 0 radical (unpaired) electrons. The molecule has 3 aliphatic rings. The van der Waals surface area contributed by atoms with Gasteiger partial charge in [-0.15, -0.1) is 0 Å². The van der Waals surface area contributed by atoms with E-state index in [2.05, 4.69) is 10.6 Å². The molecule has 0 aromatic heterocycles. The number of rotatable bonds is 7. The predicted octanol–water partition coefficient (Wildman–Crippen LogP) is 0.385. The van der Waals surface area contributed by atoms with Crippen LogP contribution < -0.4 is 10.6 Å². The highest BCUT2D eigenvalue weighted by atomic mass is 32.2. The minimum atomic E-state index is -3.58. The Morgan fingerprint density at radius 1 is 1.28 bits per heavy atom. The van der Waals surface area contributed by atoms with Crippen molar-refractivity contribution in [3.05, 3.63) is 29.8 Å². The lowest BCUT2D eigenvalue weighted by atomic mass is 9.86. The average molecular weight is 365 g/mol. The van der Waals surface area contributed by atoms with E-state index in [0.717, 1.165) is 29.9 Å². The summed E-state index contributed by atoms with van der Waals surface area (Å²) in [6.45, 7) is 1.61. The van der Waals surface area contributed by atoms with Crippen molar-refractivity contribution in [3.63, 3.8) is 0 Å². The van der Waals surface area contributed by atoms with Crippen molar-refractivity contribution in [2.24, 2.45) is 17.8 Å². The smallest absolute Gasteiger partial charge is 0.243 e. The SMILES string of the molecule is CN(CCO)S(=O)(=O)c1ccccc1CNC1C2CC3CNC1C3C2. The molecule has 138 valence electrons. The van der Waals surface area contributed by atoms with Crippen LogP contribution in [-0.4, -0.2) is 56.7 Å². The van der Waals surface area contributed by atoms with Gasteiger partial charge in [0.05, 0.1) is 11.5 Å². The Hall–Kier alpha value is -0.990. The zero-order chi connectivity index (χ0) is 17.6. The Balaban J connectivity index is 1.50. The fraction of sp³-hybridized carbons (Fsp3) is 0.667. The fourth-order valence-electron chi connectivity index (χ4n) is 5.15. The average Bonchev–Trinajstić information content (AvgIpc) is 3.22. The molecule has 6 nitrogen and oxygen atoms in total. The highest BCUT2D eigenvalue weighted by Gasteiger charge is 2.55. The van der Waals surface area contributed by atoms with Crippen LogP contribution in [0.4, 0.5) is 0 Å². The Morgan fingerprint density at radius 3 is 2.88 bits per heavy atom. The minimum Gasteiger partial charge on any atom is -0.395 e. The molecule has 0 amide bonds. The van der Waals surface area contributed by atoms with Crippen molar-refractivity contribution in [2.45, 2.75) is 36.4 Å². The maximum absolute atomic E-state index is 12.8. The molecule has 1 saturated heterocycles. The van der Waals surface area contributed by atoms with Gasteiger partial charge in [0.25, 0.3) is 0 Å². The van der Waals surface area contributed by atoms with Gasteiger partial charge in [-0.05, 0) is 48.8 Å². The molecule has 2 saturated carbocycles. The molecular formula is C18H27N3O3S. The Kier molecular flexibility index (Phi) is 4.62. The Bertz CT molecular complexity index is 737. The quantitative estimate of drug-likeness (QED) is 0.651. The van der Waals surface area contributed by atoms with Crippen molar-refractivity contribution in [3.8, 4) is 0 Å². The minimum absolute atomic E-state index is 0.101. The van der Waals surface area contributed by atoms with Crippen LogP contribution in [0.1, 0.15) is 18.4 Å².